The van der Waals surface area contributed by atoms with E-state index in [1.807, 2.05) is 23.1 Å². The molecule has 0 aromatic heterocycles. The van der Waals surface area contributed by atoms with Gasteiger partial charge in [0.1, 0.15) is 0 Å². The zero-order valence-electron chi connectivity index (χ0n) is 16.5. The Hall–Kier alpha value is -2.24. The average molecular weight is 386 g/mol. The first-order valence-electron chi connectivity index (χ1n) is 10.7. The Kier molecular flexibility index (Phi) is 6.03. The fraction of sp³-hybridized carbons (Fsp3) is 0.636. The van der Waals surface area contributed by atoms with Crippen LogP contribution in [0.3, 0.4) is 0 Å². The number of carbonyl (C=O) groups is 2. The molecule has 4 rings (SSSR count). The van der Waals surface area contributed by atoms with Crippen LogP contribution in [-0.4, -0.2) is 42.6 Å². The van der Waals surface area contributed by atoms with Gasteiger partial charge in [-0.05, 0) is 49.8 Å². The summed E-state index contributed by atoms with van der Waals surface area (Å²) in [5, 5.41) is 3.23. The molecule has 152 valence electrons. The monoisotopic (exact) mass is 386 g/mol. The SMILES string of the molecule is O=C(NC1CCN(C(=O)CCc2ccc3c(c2)OCO3)CC1)C1CCCCC1. The summed E-state index contributed by atoms with van der Waals surface area (Å²) in [6.45, 7) is 1.73. The fourth-order valence-corrected chi connectivity index (χ4v) is 4.46. The van der Waals surface area contributed by atoms with E-state index in [1.54, 1.807) is 0 Å². The lowest BCUT2D eigenvalue weighted by Crippen LogP contribution is -2.48. The second-order valence-corrected chi connectivity index (χ2v) is 8.19. The number of aryl methyl sites for hydroxylation is 1. The van der Waals surface area contributed by atoms with E-state index in [-0.39, 0.29) is 30.6 Å². The Balaban J connectivity index is 1.19. The van der Waals surface area contributed by atoms with Crippen molar-refractivity contribution >= 4 is 11.8 Å². The third kappa shape index (κ3) is 4.59. The Morgan fingerprint density at radius 1 is 1.00 bits per heavy atom. The van der Waals surface area contributed by atoms with Gasteiger partial charge in [-0.25, -0.2) is 0 Å². The first kappa shape index (κ1) is 19.1. The van der Waals surface area contributed by atoms with Gasteiger partial charge in [-0.2, -0.15) is 0 Å². The lowest BCUT2D eigenvalue weighted by Gasteiger charge is -2.33. The topological polar surface area (TPSA) is 67.9 Å². The lowest BCUT2D eigenvalue weighted by molar-refractivity contribution is -0.132. The largest absolute Gasteiger partial charge is 0.454 e. The zero-order chi connectivity index (χ0) is 19.3. The molecule has 2 fully saturated rings. The van der Waals surface area contributed by atoms with Crippen molar-refractivity contribution in [3.05, 3.63) is 23.8 Å². The summed E-state index contributed by atoms with van der Waals surface area (Å²) in [6.07, 6.45) is 8.58. The molecule has 0 bridgehead atoms. The van der Waals surface area contributed by atoms with Gasteiger partial charge in [-0.3, -0.25) is 9.59 Å². The van der Waals surface area contributed by atoms with Gasteiger partial charge in [-0.1, -0.05) is 25.3 Å². The number of carbonyl (C=O) groups excluding carboxylic acids is 2. The van der Waals surface area contributed by atoms with Crippen molar-refractivity contribution in [3.63, 3.8) is 0 Å². The molecule has 1 aromatic rings. The first-order chi connectivity index (χ1) is 13.7. The fourth-order valence-electron chi connectivity index (χ4n) is 4.46. The smallest absolute Gasteiger partial charge is 0.231 e. The van der Waals surface area contributed by atoms with Crippen molar-refractivity contribution < 1.29 is 19.1 Å². The second-order valence-electron chi connectivity index (χ2n) is 8.19. The number of amides is 2. The highest BCUT2D eigenvalue weighted by Gasteiger charge is 2.27. The molecule has 0 radical (unpaired) electrons. The van der Waals surface area contributed by atoms with Gasteiger partial charge in [0.25, 0.3) is 0 Å². The van der Waals surface area contributed by atoms with E-state index in [0.717, 1.165) is 55.8 Å². The summed E-state index contributed by atoms with van der Waals surface area (Å²) >= 11 is 0. The molecular formula is C22H30N2O4. The Bertz CT molecular complexity index is 706. The summed E-state index contributed by atoms with van der Waals surface area (Å²) in [5.41, 5.74) is 1.09. The maximum Gasteiger partial charge on any atom is 0.231 e. The van der Waals surface area contributed by atoms with Crippen molar-refractivity contribution in [2.75, 3.05) is 19.9 Å². The van der Waals surface area contributed by atoms with Crippen molar-refractivity contribution in [2.24, 2.45) is 5.92 Å². The normalized spacial score (nSPS) is 20.2. The highest BCUT2D eigenvalue weighted by Crippen LogP contribution is 2.32. The molecule has 6 heteroatoms. The van der Waals surface area contributed by atoms with Crippen molar-refractivity contribution in [1.82, 2.24) is 10.2 Å². The number of nitrogens with zero attached hydrogens (tertiary/aromatic N) is 1. The van der Waals surface area contributed by atoms with E-state index >= 15 is 0 Å². The number of fused-ring (bicyclic) bond motifs is 1. The molecule has 6 nitrogen and oxygen atoms in total. The molecule has 1 N–H and O–H groups in total. The van der Waals surface area contributed by atoms with Crippen molar-refractivity contribution in [1.29, 1.82) is 0 Å². The van der Waals surface area contributed by atoms with E-state index < -0.39 is 0 Å². The maximum atomic E-state index is 12.6. The third-order valence-electron chi connectivity index (χ3n) is 6.23. The first-order valence-corrected chi connectivity index (χ1v) is 10.7. The highest BCUT2D eigenvalue weighted by atomic mass is 16.7. The van der Waals surface area contributed by atoms with Crippen LogP contribution in [0.4, 0.5) is 0 Å². The van der Waals surface area contributed by atoms with Gasteiger partial charge in [0.15, 0.2) is 11.5 Å². The number of ether oxygens (including phenoxy) is 2. The van der Waals surface area contributed by atoms with Gasteiger partial charge >= 0.3 is 0 Å². The minimum absolute atomic E-state index is 0.190. The Labute approximate surface area is 166 Å². The van der Waals surface area contributed by atoms with Crippen LogP contribution in [0.5, 0.6) is 11.5 Å². The summed E-state index contributed by atoms with van der Waals surface area (Å²) in [6, 6.07) is 6.08. The van der Waals surface area contributed by atoms with Crippen LogP contribution in [0, 0.1) is 5.92 Å². The average Bonchev–Trinajstić information content (AvgIpc) is 3.21. The van der Waals surface area contributed by atoms with E-state index in [0.29, 0.717) is 12.8 Å². The molecule has 2 heterocycles. The molecule has 2 aliphatic heterocycles. The molecule has 1 aliphatic carbocycles. The van der Waals surface area contributed by atoms with Gasteiger partial charge in [0.2, 0.25) is 18.6 Å². The number of hydrogen-bond donors (Lipinski definition) is 1. The Morgan fingerprint density at radius 2 is 1.75 bits per heavy atom. The minimum Gasteiger partial charge on any atom is -0.454 e. The number of likely N-dealkylation sites (tertiary alicyclic amines) is 1. The summed E-state index contributed by atoms with van der Waals surface area (Å²) in [4.78, 5) is 26.9. The van der Waals surface area contributed by atoms with Crippen LogP contribution >= 0.6 is 0 Å². The van der Waals surface area contributed by atoms with Gasteiger partial charge < -0.3 is 19.7 Å². The quantitative estimate of drug-likeness (QED) is 0.845. The standard InChI is InChI=1S/C22H30N2O4/c25-21(9-7-16-6-8-19-20(14-16)28-15-27-19)24-12-10-18(11-13-24)23-22(26)17-4-2-1-3-5-17/h6,8,14,17-18H,1-5,7,9-13,15H2,(H,23,26). The van der Waals surface area contributed by atoms with Gasteiger partial charge in [-0.15, -0.1) is 0 Å². The molecule has 28 heavy (non-hydrogen) atoms. The molecule has 3 aliphatic rings. The highest BCUT2D eigenvalue weighted by molar-refractivity contribution is 5.79. The Morgan fingerprint density at radius 3 is 2.54 bits per heavy atom. The second kappa shape index (κ2) is 8.84. The predicted molar refractivity (Wildman–Crippen MR) is 105 cm³/mol. The summed E-state index contributed by atoms with van der Waals surface area (Å²) in [7, 11) is 0. The summed E-state index contributed by atoms with van der Waals surface area (Å²) in [5.74, 6) is 2.16. The van der Waals surface area contributed by atoms with Crippen LogP contribution in [0.2, 0.25) is 0 Å². The van der Waals surface area contributed by atoms with Gasteiger partial charge in [0.05, 0.1) is 0 Å². The molecule has 2 amide bonds. The lowest BCUT2D eigenvalue weighted by atomic mass is 9.88. The van der Waals surface area contributed by atoms with Crippen LogP contribution < -0.4 is 14.8 Å². The molecule has 0 unspecified atom stereocenters. The van der Waals surface area contributed by atoms with Crippen LogP contribution in [0.1, 0.15) is 56.9 Å². The molecule has 1 saturated heterocycles. The number of nitrogens with one attached hydrogen (secondary N) is 1. The maximum absolute atomic E-state index is 12.6. The van der Waals surface area contributed by atoms with E-state index in [2.05, 4.69) is 5.32 Å². The molecule has 1 saturated carbocycles. The number of benzene rings is 1. The van der Waals surface area contributed by atoms with Crippen LogP contribution in [0.25, 0.3) is 0 Å². The minimum atomic E-state index is 0.190. The molecular weight excluding hydrogens is 356 g/mol. The van der Waals surface area contributed by atoms with E-state index in [9.17, 15) is 9.59 Å². The van der Waals surface area contributed by atoms with Crippen molar-refractivity contribution in [2.45, 2.75) is 63.8 Å². The number of rotatable bonds is 5. The van der Waals surface area contributed by atoms with Crippen LogP contribution in [-0.2, 0) is 16.0 Å². The summed E-state index contributed by atoms with van der Waals surface area (Å²) < 4.78 is 10.7. The van der Waals surface area contributed by atoms with Crippen LogP contribution in [0.15, 0.2) is 18.2 Å². The third-order valence-corrected chi connectivity index (χ3v) is 6.23. The zero-order valence-corrected chi connectivity index (χ0v) is 16.5. The molecule has 0 spiro atoms. The molecule has 1 aromatic carbocycles. The van der Waals surface area contributed by atoms with Crippen molar-refractivity contribution in [3.8, 4) is 11.5 Å². The van der Waals surface area contributed by atoms with Gasteiger partial charge in [0, 0.05) is 31.5 Å². The number of hydrogen-bond acceptors (Lipinski definition) is 4. The molecule has 0 atom stereocenters. The van der Waals surface area contributed by atoms with E-state index in [1.165, 1.54) is 19.3 Å². The number of piperidine rings is 1. The predicted octanol–water partition coefficient (Wildman–Crippen LogP) is 3.04. The van der Waals surface area contributed by atoms with E-state index in [4.69, 9.17) is 9.47 Å².